The van der Waals surface area contributed by atoms with Crippen molar-refractivity contribution in [2.45, 2.75) is 57.5 Å². The van der Waals surface area contributed by atoms with E-state index in [0.29, 0.717) is 43.2 Å². The number of hydrogen-bond donors (Lipinski definition) is 2. The second kappa shape index (κ2) is 11.4. The van der Waals surface area contributed by atoms with Crippen molar-refractivity contribution < 1.29 is 23.1 Å². The number of benzene rings is 2. The molecule has 11 heteroatoms. The number of carbonyl (C=O) groups is 1. The van der Waals surface area contributed by atoms with Crippen LogP contribution in [0.25, 0.3) is 22.2 Å². The van der Waals surface area contributed by atoms with E-state index >= 15 is 0 Å². The largest absolute Gasteiger partial charge is 0.416 e. The number of likely N-dealkylation sites (tertiary alicyclic amines) is 1. The monoisotopic (exact) mass is 599 g/mol. The SMILES string of the molecule is CC(=O)N1CCc2c(c(-c3ccc(C(F)(F)F)cc3)nn2CC(O)CN2CCC(c3c[nH]c4ccc(Cl)cc34)CC2)C1. The van der Waals surface area contributed by atoms with E-state index in [9.17, 15) is 23.1 Å². The van der Waals surface area contributed by atoms with Crippen molar-refractivity contribution in [1.82, 2.24) is 24.6 Å². The molecule has 1 saturated heterocycles. The van der Waals surface area contributed by atoms with Crippen molar-refractivity contribution in [1.29, 1.82) is 0 Å². The quantitative estimate of drug-likeness (QED) is 0.292. The van der Waals surface area contributed by atoms with Gasteiger partial charge in [0, 0.05) is 71.9 Å². The lowest BCUT2D eigenvalue weighted by Crippen LogP contribution is -2.40. The fourth-order valence-electron chi connectivity index (χ4n) is 6.39. The van der Waals surface area contributed by atoms with Crippen molar-refractivity contribution >= 4 is 28.4 Å². The Hall–Kier alpha value is -3.34. The van der Waals surface area contributed by atoms with Crippen LogP contribution >= 0.6 is 11.6 Å². The van der Waals surface area contributed by atoms with E-state index in [-0.39, 0.29) is 12.5 Å². The van der Waals surface area contributed by atoms with Gasteiger partial charge in [0.05, 0.1) is 23.9 Å². The van der Waals surface area contributed by atoms with Crippen LogP contribution in [0, 0.1) is 0 Å². The Labute approximate surface area is 246 Å². The van der Waals surface area contributed by atoms with E-state index in [0.717, 1.165) is 65.2 Å². The van der Waals surface area contributed by atoms with Gasteiger partial charge in [-0.05, 0) is 67.7 Å². The summed E-state index contributed by atoms with van der Waals surface area (Å²) < 4.78 is 41.2. The maximum Gasteiger partial charge on any atom is 0.416 e. The first-order valence-electron chi connectivity index (χ1n) is 14.3. The average molecular weight is 600 g/mol. The van der Waals surface area contributed by atoms with Gasteiger partial charge in [-0.25, -0.2) is 0 Å². The number of fused-ring (bicyclic) bond motifs is 2. The zero-order valence-corrected chi connectivity index (χ0v) is 24.0. The highest BCUT2D eigenvalue weighted by Crippen LogP contribution is 2.36. The fourth-order valence-corrected chi connectivity index (χ4v) is 6.57. The normalized spacial score (nSPS) is 17.5. The molecule has 2 aromatic heterocycles. The standard InChI is InChI=1S/C31H33ClF3N5O2/c1-19(41)39-13-10-29-27(18-39)30(21-2-4-22(5-3-21)31(33,34)35)37-40(29)17-24(42)16-38-11-8-20(9-12-38)26-15-36-28-7-6-23(32)14-25(26)28/h2-7,14-15,20,24,36,42H,8-13,16-18H2,1H3. The van der Waals surface area contributed by atoms with Gasteiger partial charge in [-0.1, -0.05) is 23.7 Å². The molecule has 4 heterocycles. The minimum absolute atomic E-state index is 0.0639. The zero-order valence-electron chi connectivity index (χ0n) is 23.3. The number of piperidine rings is 1. The summed E-state index contributed by atoms with van der Waals surface area (Å²) in [6, 6.07) is 10.8. The van der Waals surface area contributed by atoms with Crippen molar-refractivity contribution in [3.8, 4) is 11.3 Å². The molecule has 4 aromatic rings. The number of aliphatic hydroxyl groups excluding tert-OH is 1. The van der Waals surface area contributed by atoms with Crippen LogP contribution in [0.15, 0.2) is 48.7 Å². The molecule has 1 fully saturated rings. The van der Waals surface area contributed by atoms with Gasteiger partial charge in [0.2, 0.25) is 5.91 Å². The van der Waals surface area contributed by atoms with Crippen molar-refractivity contribution in [2.24, 2.45) is 0 Å². The number of H-pyrrole nitrogens is 1. The van der Waals surface area contributed by atoms with Gasteiger partial charge in [0.1, 0.15) is 0 Å². The molecule has 1 atom stereocenters. The number of nitrogens with one attached hydrogen (secondary N) is 1. The third-order valence-electron chi connectivity index (χ3n) is 8.62. The molecule has 6 rings (SSSR count). The third kappa shape index (κ3) is 5.80. The Morgan fingerprint density at radius 2 is 1.86 bits per heavy atom. The molecule has 2 aliphatic heterocycles. The van der Waals surface area contributed by atoms with Crippen LogP contribution in [0.3, 0.4) is 0 Å². The fraction of sp³-hybridized carbons (Fsp3) is 0.419. The minimum Gasteiger partial charge on any atom is -0.390 e. The number of alkyl halides is 3. The first-order valence-corrected chi connectivity index (χ1v) is 14.6. The molecule has 0 radical (unpaired) electrons. The molecule has 0 bridgehead atoms. The highest BCUT2D eigenvalue weighted by atomic mass is 35.5. The lowest BCUT2D eigenvalue weighted by atomic mass is 9.89. The molecule has 1 unspecified atom stereocenters. The van der Waals surface area contributed by atoms with Crippen LogP contribution in [0.5, 0.6) is 0 Å². The lowest BCUT2D eigenvalue weighted by Gasteiger charge is -2.33. The maximum absolute atomic E-state index is 13.1. The smallest absolute Gasteiger partial charge is 0.390 e. The predicted octanol–water partition coefficient (Wildman–Crippen LogP) is 5.85. The molecule has 2 aliphatic rings. The number of carbonyl (C=O) groups excluding carboxylic acids is 1. The van der Waals surface area contributed by atoms with Gasteiger partial charge in [0.15, 0.2) is 0 Å². The van der Waals surface area contributed by atoms with E-state index in [4.69, 9.17) is 16.7 Å². The van der Waals surface area contributed by atoms with Crippen LogP contribution in [-0.4, -0.2) is 67.9 Å². The van der Waals surface area contributed by atoms with Gasteiger partial charge in [-0.15, -0.1) is 0 Å². The van der Waals surface area contributed by atoms with E-state index < -0.39 is 17.8 Å². The summed E-state index contributed by atoms with van der Waals surface area (Å²) in [7, 11) is 0. The summed E-state index contributed by atoms with van der Waals surface area (Å²) in [5.74, 6) is 0.352. The maximum atomic E-state index is 13.1. The second-order valence-corrected chi connectivity index (χ2v) is 11.8. The molecule has 1 amide bonds. The molecule has 2 aromatic carbocycles. The number of β-amino-alcohol motifs (C(OH)–C–C–N with tert-alkyl or cyclic N) is 1. The Bertz CT molecular complexity index is 1590. The predicted molar refractivity (Wildman–Crippen MR) is 155 cm³/mol. The van der Waals surface area contributed by atoms with Gasteiger partial charge in [0.25, 0.3) is 0 Å². The summed E-state index contributed by atoms with van der Waals surface area (Å²) in [5, 5.41) is 17.8. The number of aromatic amines is 1. The number of hydrogen-bond acceptors (Lipinski definition) is 4. The third-order valence-corrected chi connectivity index (χ3v) is 8.86. The highest BCUT2D eigenvalue weighted by molar-refractivity contribution is 6.31. The molecule has 0 saturated carbocycles. The van der Waals surface area contributed by atoms with Crippen LogP contribution in [0.2, 0.25) is 5.02 Å². The van der Waals surface area contributed by atoms with E-state index in [1.54, 1.807) is 9.58 Å². The summed E-state index contributed by atoms with van der Waals surface area (Å²) in [6.45, 7) is 4.86. The summed E-state index contributed by atoms with van der Waals surface area (Å²) >= 11 is 6.24. The average Bonchev–Trinajstić information content (AvgIpc) is 3.54. The molecule has 0 aliphatic carbocycles. The number of amides is 1. The molecule has 7 nitrogen and oxygen atoms in total. The zero-order chi connectivity index (χ0) is 29.6. The van der Waals surface area contributed by atoms with E-state index in [2.05, 4.69) is 16.1 Å². The lowest BCUT2D eigenvalue weighted by molar-refractivity contribution is -0.137. The Kier molecular flexibility index (Phi) is 7.80. The molecule has 222 valence electrons. The van der Waals surface area contributed by atoms with E-state index in [1.807, 2.05) is 18.2 Å². The van der Waals surface area contributed by atoms with Crippen LogP contribution < -0.4 is 0 Å². The number of aromatic nitrogens is 3. The summed E-state index contributed by atoms with van der Waals surface area (Å²) in [6.07, 6.45) is -0.508. The van der Waals surface area contributed by atoms with Gasteiger partial charge < -0.3 is 19.9 Å². The first kappa shape index (κ1) is 28.8. The first-order chi connectivity index (χ1) is 20.1. The Balaban J connectivity index is 1.15. The van der Waals surface area contributed by atoms with Crippen LogP contribution in [-0.2, 0) is 30.5 Å². The van der Waals surface area contributed by atoms with Gasteiger partial charge in [-0.3, -0.25) is 9.48 Å². The molecule has 0 spiro atoms. The van der Waals surface area contributed by atoms with Crippen molar-refractivity contribution in [3.05, 3.63) is 76.1 Å². The molecule has 2 N–H and O–H groups in total. The molecular weight excluding hydrogens is 567 g/mol. The number of rotatable bonds is 6. The van der Waals surface area contributed by atoms with Crippen molar-refractivity contribution in [2.75, 3.05) is 26.2 Å². The van der Waals surface area contributed by atoms with Crippen molar-refractivity contribution in [3.63, 3.8) is 0 Å². The van der Waals surface area contributed by atoms with E-state index in [1.165, 1.54) is 24.6 Å². The van der Waals surface area contributed by atoms with Crippen LogP contribution in [0.4, 0.5) is 13.2 Å². The number of halogens is 4. The number of aliphatic hydroxyl groups is 1. The topological polar surface area (TPSA) is 77.4 Å². The Morgan fingerprint density at radius 1 is 1.12 bits per heavy atom. The second-order valence-electron chi connectivity index (χ2n) is 11.4. The Morgan fingerprint density at radius 3 is 2.55 bits per heavy atom. The minimum atomic E-state index is -4.43. The highest BCUT2D eigenvalue weighted by Gasteiger charge is 2.32. The molecular formula is C31H33ClF3N5O2. The van der Waals surface area contributed by atoms with Gasteiger partial charge >= 0.3 is 6.18 Å². The molecule has 42 heavy (non-hydrogen) atoms. The van der Waals surface area contributed by atoms with Gasteiger partial charge in [-0.2, -0.15) is 18.3 Å². The summed E-state index contributed by atoms with van der Waals surface area (Å²) in [5.41, 5.74) is 4.48. The summed E-state index contributed by atoms with van der Waals surface area (Å²) in [4.78, 5) is 19.4. The van der Waals surface area contributed by atoms with Crippen LogP contribution in [0.1, 0.15) is 48.1 Å². The number of nitrogens with zero attached hydrogens (tertiary/aromatic N) is 4.